The number of carbonyl (C=O) groups is 2. The summed E-state index contributed by atoms with van der Waals surface area (Å²) in [7, 11) is -1.85. The summed E-state index contributed by atoms with van der Waals surface area (Å²) in [5, 5.41) is 3.38. The van der Waals surface area contributed by atoms with Crippen molar-refractivity contribution in [2.75, 3.05) is 49.4 Å². The smallest absolute Gasteiger partial charge is 0.264 e. The fourth-order valence-corrected chi connectivity index (χ4v) is 7.55. The largest absolute Gasteiger partial charge is 0.358 e. The van der Waals surface area contributed by atoms with Crippen LogP contribution in [0.25, 0.3) is 11.6 Å². The van der Waals surface area contributed by atoms with E-state index in [0.29, 0.717) is 64.8 Å². The average Bonchev–Trinajstić information content (AvgIpc) is 3.58. The minimum absolute atomic E-state index is 0.0281. The first-order valence-corrected chi connectivity index (χ1v) is 15.0. The maximum absolute atomic E-state index is 13.7. The Bertz CT molecular complexity index is 1700. The number of aromatic nitrogens is 1. The van der Waals surface area contributed by atoms with Crippen molar-refractivity contribution < 1.29 is 18.0 Å². The molecule has 1 saturated heterocycles. The molecule has 0 saturated carbocycles. The van der Waals surface area contributed by atoms with Crippen molar-refractivity contribution in [3.05, 3.63) is 75.1 Å². The van der Waals surface area contributed by atoms with Crippen LogP contribution in [0.1, 0.15) is 38.4 Å². The van der Waals surface area contributed by atoms with Gasteiger partial charge >= 0.3 is 0 Å². The molecule has 2 amide bonds. The lowest BCUT2D eigenvalue weighted by Gasteiger charge is -2.32. The zero-order chi connectivity index (χ0) is 28.3. The predicted molar refractivity (Wildman–Crippen MR) is 156 cm³/mol. The van der Waals surface area contributed by atoms with Crippen LogP contribution in [0.4, 0.5) is 11.4 Å². The Morgan fingerprint density at radius 3 is 2.55 bits per heavy atom. The fraction of sp³-hybridized carbons (Fsp3) is 0.310. The van der Waals surface area contributed by atoms with E-state index in [1.54, 1.807) is 36.4 Å². The van der Waals surface area contributed by atoms with Crippen LogP contribution in [-0.2, 0) is 21.2 Å². The molecule has 2 N–H and O–H groups in total. The highest BCUT2D eigenvalue weighted by molar-refractivity contribution is 7.92. The summed E-state index contributed by atoms with van der Waals surface area (Å²) in [4.78, 5) is 33.8. The molecular weight excluding hydrogens is 550 g/mol. The van der Waals surface area contributed by atoms with E-state index in [9.17, 15) is 18.0 Å². The number of benzene rings is 2. The van der Waals surface area contributed by atoms with Crippen molar-refractivity contribution >= 4 is 56.5 Å². The molecule has 1 aromatic heterocycles. The number of rotatable bonds is 4. The number of hydrogen-bond donors (Lipinski definition) is 2. The summed E-state index contributed by atoms with van der Waals surface area (Å²) in [6.45, 7) is 6.99. The Kier molecular flexibility index (Phi) is 6.52. The van der Waals surface area contributed by atoms with E-state index >= 15 is 0 Å². The van der Waals surface area contributed by atoms with E-state index in [1.807, 2.05) is 25.8 Å². The first kappa shape index (κ1) is 26.6. The topological polar surface area (TPSA) is 106 Å². The highest BCUT2D eigenvalue weighted by Gasteiger charge is 2.34. The number of anilines is 2. The molecule has 0 bridgehead atoms. The molecule has 3 aliphatic heterocycles. The van der Waals surface area contributed by atoms with Crippen LogP contribution in [0.3, 0.4) is 0 Å². The van der Waals surface area contributed by atoms with Gasteiger partial charge in [-0.25, -0.2) is 8.42 Å². The van der Waals surface area contributed by atoms with Crippen LogP contribution in [0.2, 0.25) is 5.02 Å². The highest BCUT2D eigenvalue weighted by Crippen LogP contribution is 2.40. The van der Waals surface area contributed by atoms with Gasteiger partial charge in [-0.1, -0.05) is 17.7 Å². The number of aryl methyl sites for hydroxylation is 1. The first-order valence-electron chi connectivity index (χ1n) is 13.2. The summed E-state index contributed by atoms with van der Waals surface area (Å²) in [6.07, 6.45) is 2.23. The Morgan fingerprint density at radius 1 is 1.05 bits per heavy atom. The molecule has 11 heteroatoms. The van der Waals surface area contributed by atoms with Crippen molar-refractivity contribution in [1.82, 2.24) is 14.8 Å². The molecule has 40 heavy (non-hydrogen) atoms. The van der Waals surface area contributed by atoms with Gasteiger partial charge in [-0.2, -0.15) is 0 Å². The van der Waals surface area contributed by atoms with E-state index in [0.717, 1.165) is 29.9 Å². The summed E-state index contributed by atoms with van der Waals surface area (Å²) >= 11 is 6.31. The number of hydrogen-bond acceptors (Lipinski definition) is 5. The Balaban J connectivity index is 1.35. The van der Waals surface area contributed by atoms with Gasteiger partial charge in [0.05, 0.1) is 21.7 Å². The third-order valence-corrected chi connectivity index (χ3v) is 10.2. The van der Waals surface area contributed by atoms with Crippen LogP contribution in [0.15, 0.2) is 41.3 Å². The van der Waals surface area contributed by atoms with Gasteiger partial charge in [0.2, 0.25) is 0 Å². The second kappa shape index (κ2) is 9.79. The number of piperazine rings is 1. The number of amides is 2. The minimum Gasteiger partial charge on any atom is -0.358 e. The zero-order valence-electron chi connectivity index (χ0n) is 22.5. The second-order valence-electron chi connectivity index (χ2n) is 10.5. The molecule has 3 aliphatic rings. The molecule has 3 aromatic rings. The van der Waals surface area contributed by atoms with Gasteiger partial charge in [0.25, 0.3) is 21.8 Å². The molecule has 208 valence electrons. The van der Waals surface area contributed by atoms with Crippen LogP contribution in [0.5, 0.6) is 0 Å². The van der Waals surface area contributed by atoms with E-state index < -0.39 is 10.0 Å². The third kappa shape index (κ3) is 4.31. The SMILES string of the molecule is Cc1[nH]c(/C=C2\C(=O)Nc3ccc(S(=O)(=O)N4CCc5c(Cl)cccc54)cc32)c(C)c1C(=O)N1CCN(C)CC1. The normalized spacial score (nSPS) is 18.3. The van der Waals surface area contributed by atoms with Gasteiger partial charge in [-0.05, 0) is 74.9 Å². The number of nitrogens with zero attached hydrogens (tertiary/aromatic N) is 3. The fourth-order valence-electron chi connectivity index (χ4n) is 5.76. The van der Waals surface area contributed by atoms with Crippen LogP contribution in [0, 0.1) is 13.8 Å². The lowest BCUT2D eigenvalue weighted by Crippen LogP contribution is -2.47. The maximum atomic E-state index is 13.7. The lowest BCUT2D eigenvalue weighted by molar-refractivity contribution is -0.110. The molecule has 1 fully saturated rings. The standard InChI is InChI=1S/C29H30ClN5O4S/c1-17-25(31-18(2)27(17)29(37)34-13-11-33(3)12-14-34)16-22-21-15-19(7-8-24(21)32-28(22)36)40(38,39)35-10-9-20-23(30)5-4-6-26(20)35/h4-8,15-16,31H,9-14H2,1-3H3,(H,32,36)/b22-16-. The van der Waals surface area contributed by atoms with E-state index in [-0.39, 0.29) is 16.7 Å². The van der Waals surface area contributed by atoms with Gasteiger partial charge < -0.3 is 20.1 Å². The van der Waals surface area contributed by atoms with Crippen molar-refractivity contribution in [3.63, 3.8) is 0 Å². The number of sulfonamides is 1. The third-order valence-electron chi connectivity index (χ3n) is 8.06. The molecule has 0 spiro atoms. The molecule has 0 unspecified atom stereocenters. The number of fused-ring (bicyclic) bond motifs is 2. The predicted octanol–water partition coefficient (Wildman–Crippen LogP) is 3.92. The highest BCUT2D eigenvalue weighted by atomic mass is 35.5. The van der Waals surface area contributed by atoms with Gasteiger partial charge in [-0.15, -0.1) is 0 Å². The van der Waals surface area contributed by atoms with E-state index in [4.69, 9.17) is 11.6 Å². The van der Waals surface area contributed by atoms with Gasteiger partial charge in [-0.3, -0.25) is 13.9 Å². The molecule has 9 nitrogen and oxygen atoms in total. The average molecular weight is 580 g/mol. The quantitative estimate of drug-likeness (QED) is 0.456. The van der Waals surface area contributed by atoms with Gasteiger partial charge in [0, 0.05) is 60.4 Å². The number of nitrogens with one attached hydrogen (secondary N) is 2. The lowest BCUT2D eigenvalue weighted by atomic mass is 10.0. The minimum atomic E-state index is -3.90. The van der Waals surface area contributed by atoms with E-state index in [2.05, 4.69) is 15.2 Å². The number of halogens is 1. The molecule has 2 aromatic carbocycles. The van der Waals surface area contributed by atoms with Crippen molar-refractivity contribution in [2.45, 2.75) is 25.2 Å². The Labute approximate surface area is 238 Å². The van der Waals surface area contributed by atoms with Crippen molar-refractivity contribution in [3.8, 4) is 0 Å². The number of aromatic amines is 1. The summed E-state index contributed by atoms with van der Waals surface area (Å²) in [5.41, 5.74) is 5.49. The summed E-state index contributed by atoms with van der Waals surface area (Å²) < 4.78 is 28.8. The summed E-state index contributed by atoms with van der Waals surface area (Å²) in [6, 6.07) is 9.92. The second-order valence-corrected chi connectivity index (χ2v) is 12.8. The number of likely N-dealkylation sites (N-methyl/N-ethyl adjacent to an activating group) is 1. The molecular formula is C29H30ClN5O4S. The molecule has 6 rings (SSSR count). The van der Waals surface area contributed by atoms with Crippen LogP contribution >= 0.6 is 11.6 Å². The van der Waals surface area contributed by atoms with Crippen molar-refractivity contribution in [1.29, 1.82) is 0 Å². The molecule has 0 atom stereocenters. The zero-order valence-corrected chi connectivity index (χ0v) is 24.1. The maximum Gasteiger partial charge on any atom is 0.264 e. The van der Waals surface area contributed by atoms with Gasteiger partial charge in [0.15, 0.2) is 0 Å². The first-order chi connectivity index (χ1) is 19.1. The number of carbonyl (C=O) groups excluding carboxylic acids is 2. The van der Waals surface area contributed by atoms with E-state index in [1.165, 1.54) is 10.4 Å². The molecule has 0 radical (unpaired) electrons. The van der Waals surface area contributed by atoms with Crippen LogP contribution in [-0.4, -0.2) is 74.8 Å². The summed E-state index contributed by atoms with van der Waals surface area (Å²) in [5.74, 6) is -0.360. The molecule has 0 aliphatic carbocycles. The van der Waals surface area contributed by atoms with Crippen molar-refractivity contribution in [2.24, 2.45) is 0 Å². The van der Waals surface area contributed by atoms with Gasteiger partial charge in [0.1, 0.15) is 0 Å². The monoisotopic (exact) mass is 579 g/mol. The number of H-pyrrole nitrogens is 1. The van der Waals surface area contributed by atoms with Crippen LogP contribution < -0.4 is 9.62 Å². The molecule has 4 heterocycles. The Hall–Kier alpha value is -3.60. The Morgan fingerprint density at radius 2 is 1.80 bits per heavy atom.